The fourth-order valence-corrected chi connectivity index (χ4v) is 1.92. The summed E-state index contributed by atoms with van der Waals surface area (Å²) in [5, 5.41) is 0. The minimum Gasteiger partial charge on any atom is -0.303 e. The molecule has 0 N–H and O–H groups in total. The van der Waals surface area contributed by atoms with Gasteiger partial charge in [0.25, 0.3) is 0 Å². The van der Waals surface area contributed by atoms with Crippen molar-refractivity contribution in [3.05, 3.63) is 84.4 Å². The fraction of sp³-hybridized carbons (Fsp3) is 0.0556. The van der Waals surface area contributed by atoms with Crippen LogP contribution in [0.2, 0.25) is 0 Å². The standard InChI is InChI=1S/C13H11O.C5H5.Fe/c1-10(14)12-8-4-5-9-13(12)11-6-2-3-7-11;1-2-4-5-3-1;/h2-9H,1H3;1-5H;/q2*-1;+2. The van der Waals surface area contributed by atoms with Gasteiger partial charge in [0.15, 0.2) is 0 Å². The molecule has 0 aromatic heterocycles. The molecule has 0 radical (unpaired) electrons. The molecule has 0 aliphatic heterocycles. The van der Waals surface area contributed by atoms with E-state index >= 15 is 0 Å². The molecule has 0 aliphatic carbocycles. The quantitative estimate of drug-likeness (QED) is 0.382. The van der Waals surface area contributed by atoms with Crippen LogP contribution in [0, 0.1) is 0 Å². The predicted molar refractivity (Wildman–Crippen MR) is 79.5 cm³/mol. The number of carbonyl (C=O) groups is 1. The number of Topliss-reactive ketones (excluding diaryl/α,β-unsaturated/α-hetero) is 1. The summed E-state index contributed by atoms with van der Waals surface area (Å²) < 4.78 is 0. The molecule has 0 heterocycles. The smallest absolute Gasteiger partial charge is 0.303 e. The first kappa shape index (κ1) is 16.2. The van der Waals surface area contributed by atoms with Crippen LogP contribution in [-0.2, 0) is 17.1 Å². The van der Waals surface area contributed by atoms with E-state index in [-0.39, 0.29) is 22.9 Å². The Bertz CT molecular complexity index is 589. The van der Waals surface area contributed by atoms with Crippen LogP contribution in [0.5, 0.6) is 0 Å². The second-order valence-corrected chi connectivity index (χ2v) is 4.24. The zero-order valence-corrected chi connectivity index (χ0v) is 12.4. The number of rotatable bonds is 2. The fourth-order valence-electron chi connectivity index (χ4n) is 1.92. The summed E-state index contributed by atoms with van der Waals surface area (Å²) in [4.78, 5) is 11.4. The van der Waals surface area contributed by atoms with Crippen LogP contribution in [0.1, 0.15) is 17.3 Å². The van der Waals surface area contributed by atoms with E-state index in [0.717, 1.165) is 16.7 Å². The van der Waals surface area contributed by atoms with Gasteiger partial charge in [0.2, 0.25) is 0 Å². The molecule has 0 fully saturated rings. The molecular formula is C18H16FeO. The molecule has 102 valence electrons. The zero-order chi connectivity index (χ0) is 13.5. The zero-order valence-electron chi connectivity index (χ0n) is 11.3. The Morgan fingerprint density at radius 1 is 0.950 bits per heavy atom. The van der Waals surface area contributed by atoms with Crippen molar-refractivity contribution in [1.29, 1.82) is 0 Å². The summed E-state index contributed by atoms with van der Waals surface area (Å²) in [7, 11) is 0. The molecule has 0 atom stereocenters. The SMILES string of the molecule is CC(=O)c1ccccc1-[c-]1cccc1.[Fe+2].c1cc[cH-]c1. The molecule has 0 amide bonds. The minimum atomic E-state index is 0. The molecule has 0 aliphatic rings. The molecule has 3 aromatic carbocycles. The molecule has 0 bridgehead atoms. The molecule has 1 nitrogen and oxygen atoms in total. The summed E-state index contributed by atoms with van der Waals surface area (Å²) in [6.45, 7) is 1.60. The van der Waals surface area contributed by atoms with Crippen LogP contribution in [0.25, 0.3) is 11.1 Å². The van der Waals surface area contributed by atoms with Crippen LogP contribution < -0.4 is 0 Å². The van der Waals surface area contributed by atoms with Crippen LogP contribution in [0.15, 0.2) is 78.9 Å². The third kappa shape index (κ3) is 4.34. The predicted octanol–water partition coefficient (Wildman–Crippen LogP) is 4.68. The van der Waals surface area contributed by atoms with Crippen LogP contribution in [0.4, 0.5) is 0 Å². The topological polar surface area (TPSA) is 17.1 Å². The molecule has 2 heteroatoms. The third-order valence-corrected chi connectivity index (χ3v) is 2.84. The van der Waals surface area contributed by atoms with Gasteiger partial charge < -0.3 is 4.79 Å². The number of ketones is 1. The van der Waals surface area contributed by atoms with Gasteiger partial charge in [-0.1, -0.05) is 23.8 Å². The van der Waals surface area contributed by atoms with E-state index in [1.165, 1.54) is 0 Å². The van der Waals surface area contributed by atoms with Crippen molar-refractivity contribution in [2.24, 2.45) is 0 Å². The number of hydrogen-bond donors (Lipinski definition) is 0. The van der Waals surface area contributed by atoms with Crippen molar-refractivity contribution in [2.45, 2.75) is 6.92 Å². The Morgan fingerprint density at radius 2 is 1.55 bits per heavy atom. The first-order valence-electron chi connectivity index (χ1n) is 6.28. The Balaban J connectivity index is 0.000000283. The maximum atomic E-state index is 11.4. The van der Waals surface area contributed by atoms with Crippen molar-refractivity contribution in [1.82, 2.24) is 0 Å². The average molecular weight is 304 g/mol. The van der Waals surface area contributed by atoms with E-state index in [4.69, 9.17) is 0 Å². The molecule has 0 saturated carbocycles. The van der Waals surface area contributed by atoms with E-state index < -0.39 is 0 Å². The van der Waals surface area contributed by atoms with Gasteiger partial charge in [-0.05, 0) is 12.5 Å². The Morgan fingerprint density at radius 3 is 2.05 bits per heavy atom. The minimum absolute atomic E-state index is 0. The average Bonchev–Trinajstić information content (AvgIpc) is 3.14. The maximum Gasteiger partial charge on any atom is 2.00 e. The normalized spacial score (nSPS) is 9.05. The van der Waals surface area contributed by atoms with Crippen LogP contribution in [-0.4, -0.2) is 5.78 Å². The molecule has 0 unspecified atom stereocenters. The van der Waals surface area contributed by atoms with Gasteiger partial charge in [-0.25, -0.2) is 12.1 Å². The van der Waals surface area contributed by atoms with E-state index in [1.54, 1.807) is 6.92 Å². The maximum absolute atomic E-state index is 11.4. The second-order valence-electron chi connectivity index (χ2n) is 4.24. The molecule has 3 rings (SSSR count). The summed E-state index contributed by atoms with van der Waals surface area (Å²) in [6, 6.07) is 25.7. The summed E-state index contributed by atoms with van der Waals surface area (Å²) in [5.74, 6) is 0.113. The first-order chi connectivity index (χ1) is 9.29. The van der Waals surface area contributed by atoms with E-state index in [9.17, 15) is 4.79 Å². The summed E-state index contributed by atoms with van der Waals surface area (Å²) in [6.07, 6.45) is 0. The Kier molecular flexibility index (Phi) is 6.72. The summed E-state index contributed by atoms with van der Waals surface area (Å²) in [5.41, 5.74) is 2.92. The Hall–Kier alpha value is -1.89. The van der Waals surface area contributed by atoms with Gasteiger partial charge in [0.05, 0.1) is 0 Å². The van der Waals surface area contributed by atoms with Crippen molar-refractivity contribution in [3.8, 4) is 11.1 Å². The van der Waals surface area contributed by atoms with Crippen LogP contribution >= 0.6 is 0 Å². The van der Waals surface area contributed by atoms with Gasteiger partial charge in [0, 0.05) is 0 Å². The largest absolute Gasteiger partial charge is 2.00 e. The van der Waals surface area contributed by atoms with Gasteiger partial charge in [-0.2, -0.15) is 30.3 Å². The van der Waals surface area contributed by atoms with Gasteiger partial charge >= 0.3 is 17.1 Å². The van der Waals surface area contributed by atoms with Crippen molar-refractivity contribution < 1.29 is 21.9 Å². The second kappa shape index (κ2) is 8.31. The summed E-state index contributed by atoms with van der Waals surface area (Å²) >= 11 is 0. The van der Waals surface area contributed by atoms with Gasteiger partial charge in [-0.15, -0.1) is 23.8 Å². The molecular weight excluding hydrogens is 288 g/mol. The number of benzene rings is 1. The van der Waals surface area contributed by atoms with Gasteiger partial charge in [0.1, 0.15) is 5.78 Å². The van der Waals surface area contributed by atoms with E-state index in [1.807, 2.05) is 78.9 Å². The van der Waals surface area contributed by atoms with Crippen molar-refractivity contribution in [2.75, 3.05) is 0 Å². The molecule has 0 spiro atoms. The molecule has 0 saturated heterocycles. The third-order valence-electron chi connectivity index (χ3n) is 2.84. The van der Waals surface area contributed by atoms with Crippen molar-refractivity contribution in [3.63, 3.8) is 0 Å². The molecule has 3 aromatic rings. The number of carbonyl (C=O) groups excluding carboxylic acids is 1. The van der Waals surface area contributed by atoms with E-state index in [0.29, 0.717) is 0 Å². The first-order valence-corrected chi connectivity index (χ1v) is 6.28. The van der Waals surface area contributed by atoms with E-state index in [2.05, 4.69) is 0 Å². The Labute approximate surface area is 130 Å². The van der Waals surface area contributed by atoms with Gasteiger partial charge in [-0.3, -0.25) is 0 Å². The monoisotopic (exact) mass is 304 g/mol. The molecule has 20 heavy (non-hydrogen) atoms. The van der Waals surface area contributed by atoms with Crippen LogP contribution in [0.3, 0.4) is 0 Å². The van der Waals surface area contributed by atoms with Crippen molar-refractivity contribution >= 4 is 5.78 Å². The number of hydrogen-bond acceptors (Lipinski definition) is 1.